The minimum atomic E-state index is -1.01. The van der Waals surface area contributed by atoms with Crippen LogP contribution in [-0.4, -0.2) is 43.2 Å². The summed E-state index contributed by atoms with van der Waals surface area (Å²) in [4.78, 5) is 23.9. The summed E-state index contributed by atoms with van der Waals surface area (Å²) in [5.74, 6) is 1.41. The molecule has 2 aromatic rings. The maximum absolute atomic E-state index is 13.5. The molecule has 166 valence electrons. The first kappa shape index (κ1) is 20.7. The molecule has 6 nitrogen and oxygen atoms in total. The van der Waals surface area contributed by atoms with Crippen molar-refractivity contribution in [1.82, 2.24) is 4.90 Å². The number of carbonyl (C=O) groups excluding carboxylic acids is 1. The van der Waals surface area contributed by atoms with E-state index in [1.807, 2.05) is 24.4 Å². The first-order valence-electron chi connectivity index (χ1n) is 11.5. The van der Waals surface area contributed by atoms with Crippen LogP contribution in [0, 0.1) is 5.92 Å². The number of likely N-dealkylation sites (N-methyl/N-ethyl adjacent to an activating group) is 1. The number of nitrogens with zero attached hydrogens (tertiary/aromatic N) is 3. The number of rotatable bonds is 3. The zero-order chi connectivity index (χ0) is 22.3. The molecule has 1 amide bonds. The number of aliphatic imine (C=N–C) groups is 2. The molecule has 1 saturated carbocycles. The molecule has 2 aliphatic heterocycles. The third kappa shape index (κ3) is 3.38. The maximum Gasteiger partial charge on any atom is 0.261 e. The van der Waals surface area contributed by atoms with Crippen molar-refractivity contribution in [3.63, 3.8) is 0 Å². The Morgan fingerprint density at radius 1 is 1.16 bits per heavy atom. The molecule has 2 heterocycles. The van der Waals surface area contributed by atoms with Gasteiger partial charge in [0.2, 0.25) is 0 Å². The van der Waals surface area contributed by atoms with E-state index in [0.717, 1.165) is 40.8 Å². The van der Waals surface area contributed by atoms with Crippen LogP contribution in [0.15, 0.2) is 52.4 Å². The summed E-state index contributed by atoms with van der Waals surface area (Å²) in [6, 6.07) is 14.3. The molecule has 1 spiro atoms. The zero-order valence-electron chi connectivity index (χ0n) is 18.8. The van der Waals surface area contributed by atoms with Gasteiger partial charge in [-0.15, -0.1) is 0 Å². The van der Waals surface area contributed by atoms with Crippen LogP contribution in [0.25, 0.3) is 11.1 Å². The standard InChI is InChI=1S/C26H30N4O2/c1-28-16-17-7-6-10-19(13-17)20-11-12-22-21(14-20)26(24(31)30(2)25(27)29-26)15-23(32-22)18-8-4-3-5-9-18/h6-7,10-14,16,18,23H,3-5,8-9,15H2,1-2H3,(H2,27,29). The van der Waals surface area contributed by atoms with E-state index in [2.05, 4.69) is 29.3 Å². The number of amides is 1. The van der Waals surface area contributed by atoms with Gasteiger partial charge in [-0.3, -0.25) is 14.7 Å². The van der Waals surface area contributed by atoms with Gasteiger partial charge in [-0.1, -0.05) is 43.5 Å². The number of hydrogen-bond acceptors (Lipinski definition) is 5. The van der Waals surface area contributed by atoms with Gasteiger partial charge in [-0.05, 0) is 53.6 Å². The number of fused-ring (bicyclic) bond motifs is 2. The van der Waals surface area contributed by atoms with Crippen molar-refractivity contribution in [2.45, 2.75) is 50.2 Å². The summed E-state index contributed by atoms with van der Waals surface area (Å²) in [5, 5.41) is 0. The van der Waals surface area contributed by atoms with Gasteiger partial charge in [-0.25, -0.2) is 4.99 Å². The number of nitrogens with two attached hydrogens (primary N) is 1. The first-order valence-corrected chi connectivity index (χ1v) is 11.5. The number of ether oxygens (including phenoxy) is 1. The van der Waals surface area contributed by atoms with Gasteiger partial charge in [0.1, 0.15) is 11.9 Å². The van der Waals surface area contributed by atoms with Crippen LogP contribution in [0.3, 0.4) is 0 Å². The summed E-state index contributed by atoms with van der Waals surface area (Å²) >= 11 is 0. The van der Waals surface area contributed by atoms with Gasteiger partial charge in [0.15, 0.2) is 11.5 Å². The lowest BCUT2D eigenvalue weighted by Gasteiger charge is -2.41. The van der Waals surface area contributed by atoms with E-state index >= 15 is 0 Å². The quantitative estimate of drug-likeness (QED) is 0.744. The molecule has 1 fully saturated rings. The topological polar surface area (TPSA) is 80.3 Å². The Kier molecular flexibility index (Phi) is 5.24. The molecule has 32 heavy (non-hydrogen) atoms. The Morgan fingerprint density at radius 3 is 2.66 bits per heavy atom. The van der Waals surface area contributed by atoms with Crippen LogP contribution < -0.4 is 10.5 Å². The first-order chi connectivity index (χ1) is 15.5. The molecule has 0 radical (unpaired) electrons. The fraction of sp³-hybridized carbons (Fsp3) is 0.423. The predicted octanol–water partition coefficient (Wildman–Crippen LogP) is 4.12. The third-order valence-corrected chi connectivity index (χ3v) is 7.18. The molecule has 3 aliphatic rings. The smallest absolute Gasteiger partial charge is 0.261 e. The molecule has 6 heteroatoms. The lowest BCUT2D eigenvalue weighted by molar-refractivity contribution is -0.132. The fourth-order valence-corrected chi connectivity index (χ4v) is 5.47. The van der Waals surface area contributed by atoms with Crippen LogP contribution in [-0.2, 0) is 10.3 Å². The van der Waals surface area contributed by atoms with E-state index in [4.69, 9.17) is 15.5 Å². The molecular weight excluding hydrogens is 400 g/mol. The van der Waals surface area contributed by atoms with Crippen molar-refractivity contribution >= 4 is 18.1 Å². The van der Waals surface area contributed by atoms with Crippen molar-refractivity contribution in [3.8, 4) is 16.9 Å². The Bertz CT molecular complexity index is 1100. The lowest BCUT2D eigenvalue weighted by Crippen LogP contribution is -2.47. The van der Waals surface area contributed by atoms with E-state index in [0.29, 0.717) is 12.3 Å². The van der Waals surface area contributed by atoms with E-state index in [-0.39, 0.29) is 18.0 Å². The maximum atomic E-state index is 13.5. The van der Waals surface area contributed by atoms with Crippen molar-refractivity contribution in [3.05, 3.63) is 53.6 Å². The van der Waals surface area contributed by atoms with Crippen molar-refractivity contribution < 1.29 is 9.53 Å². The number of carbonyl (C=O) groups is 1. The highest BCUT2D eigenvalue weighted by Gasteiger charge is 2.54. The Labute approximate surface area is 189 Å². The number of benzene rings is 2. The van der Waals surface area contributed by atoms with Gasteiger partial charge < -0.3 is 10.5 Å². The SMILES string of the molecule is CN=Cc1cccc(-c2ccc3c(c2)C2(CC(C4CCCCC4)O3)N=C(N)N(C)C2=O)c1. The van der Waals surface area contributed by atoms with Crippen molar-refractivity contribution in [2.75, 3.05) is 14.1 Å². The van der Waals surface area contributed by atoms with Crippen LogP contribution in [0.1, 0.15) is 49.7 Å². The van der Waals surface area contributed by atoms with Gasteiger partial charge in [-0.2, -0.15) is 0 Å². The normalized spacial score (nSPS) is 25.8. The molecule has 2 aromatic carbocycles. The molecule has 2 unspecified atom stereocenters. The molecule has 0 bridgehead atoms. The summed E-state index contributed by atoms with van der Waals surface area (Å²) in [6.45, 7) is 0. The lowest BCUT2D eigenvalue weighted by atomic mass is 9.74. The third-order valence-electron chi connectivity index (χ3n) is 7.18. The van der Waals surface area contributed by atoms with Crippen molar-refractivity contribution in [2.24, 2.45) is 21.6 Å². The second-order valence-electron chi connectivity index (χ2n) is 9.18. The van der Waals surface area contributed by atoms with E-state index in [1.54, 1.807) is 14.1 Å². The van der Waals surface area contributed by atoms with Crippen LogP contribution >= 0.6 is 0 Å². The highest BCUT2D eigenvalue weighted by atomic mass is 16.5. The predicted molar refractivity (Wildman–Crippen MR) is 127 cm³/mol. The molecule has 1 aliphatic carbocycles. The van der Waals surface area contributed by atoms with E-state index in [1.165, 1.54) is 24.2 Å². The Hall–Kier alpha value is -3.15. The van der Waals surface area contributed by atoms with Gasteiger partial charge >= 0.3 is 0 Å². The van der Waals surface area contributed by atoms with Crippen molar-refractivity contribution in [1.29, 1.82) is 0 Å². The minimum Gasteiger partial charge on any atom is -0.490 e. The van der Waals surface area contributed by atoms with E-state index < -0.39 is 5.54 Å². The summed E-state index contributed by atoms with van der Waals surface area (Å²) in [6.07, 6.45) is 8.36. The average Bonchev–Trinajstić information content (AvgIpc) is 3.03. The van der Waals surface area contributed by atoms with Gasteiger partial charge in [0.25, 0.3) is 5.91 Å². The van der Waals surface area contributed by atoms with E-state index in [9.17, 15) is 4.79 Å². The highest BCUT2D eigenvalue weighted by molar-refractivity contribution is 6.07. The summed E-state index contributed by atoms with van der Waals surface area (Å²) < 4.78 is 6.53. The molecule has 2 atom stereocenters. The molecule has 5 rings (SSSR count). The summed E-state index contributed by atoms with van der Waals surface area (Å²) in [5.41, 5.74) is 9.08. The molecule has 2 N–H and O–H groups in total. The Balaban J connectivity index is 1.60. The highest BCUT2D eigenvalue weighted by Crippen LogP contribution is 2.49. The van der Waals surface area contributed by atoms with Crippen LogP contribution in [0.4, 0.5) is 0 Å². The largest absolute Gasteiger partial charge is 0.490 e. The second-order valence-corrected chi connectivity index (χ2v) is 9.18. The summed E-state index contributed by atoms with van der Waals surface area (Å²) in [7, 11) is 3.47. The van der Waals surface area contributed by atoms with Gasteiger partial charge in [0, 0.05) is 32.3 Å². The Morgan fingerprint density at radius 2 is 1.94 bits per heavy atom. The van der Waals surface area contributed by atoms with Crippen LogP contribution in [0.5, 0.6) is 5.75 Å². The molecule has 0 aromatic heterocycles. The number of guanidine groups is 1. The fourth-order valence-electron chi connectivity index (χ4n) is 5.47. The van der Waals surface area contributed by atoms with Crippen LogP contribution in [0.2, 0.25) is 0 Å². The number of hydrogen-bond donors (Lipinski definition) is 1. The molecule has 0 saturated heterocycles. The monoisotopic (exact) mass is 430 g/mol. The molecular formula is C26H30N4O2. The second kappa shape index (κ2) is 8.08. The zero-order valence-corrected chi connectivity index (χ0v) is 18.8. The average molecular weight is 431 g/mol. The van der Waals surface area contributed by atoms with Gasteiger partial charge in [0.05, 0.1) is 0 Å². The minimum absolute atomic E-state index is 0.0234.